The zero-order valence-corrected chi connectivity index (χ0v) is 16.8. The molecule has 146 valence electrons. The lowest BCUT2D eigenvalue weighted by atomic mass is 9.96. The van der Waals surface area contributed by atoms with E-state index in [9.17, 15) is 13.2 Å². The first-order valence-electron chi connectivity index (χ1n) is 9.14. The van der Waals surface area contributed by atoms with Crippen LogP contribution in [0.25, 0.3) is 0 Å². The summed E-state index contributed by atoms with van der Waals surface area (Å²) >= 11 is 0. The van der Waals surface area contributed by atoms with Crippen LogP contribution in [0.5, 0.6) is 0 Å². The molecule has 7 heteroatoms. The highest BCUT2D eigenvalue weighted by atomic mass is 32.2. The standard InChI is InChI=1S/C20H26N2O4S/c1-15-4-8-19(9-5-15)27(24,25)22-12-10-17(11-13-22)20(23)21(3)14-18-7-6-16(2)26-18/h4-9,17H,10-14H2,1-3H3. The SMILES string of the molecule is Cc1ccc(S(=O)(=O)N2CCC(C(=O)N(C)Cc3ccc(C)o3)CC2)cc1. The van der Waals surface area contributed by atoms with Crippen molar-refractivity contribution < 1.29 is 17.6 Å². The molecule has 1 fully saturated rings. The summed E-state index contributed by atoms with van der Waals surface area (Å²) in [5.41, 5.74) is 1.02. The van der Waals surface area contributed by atoms with Gasteiger partial charge >= 0.3 is 0 Å². The number of sulfonamides is 1. The molecule has 0 unspecified atom stereocenters. The molecule has 1 aliphatic heterocycles. The van der Waals surface area contributed by atoms with Crippen LogP contribution < -0.4 is 0 Å². The summed E-state index contributed by atoms with van der Waals surface area (Å²) in [4.78, 5) is 14.7. The van der Waals surface area contributed by atoms with Crippen molar-refractivity contribution >= 4 is 15.9 Å². The Hall–Kier alpha value is -2.12. The molecule has 0 saturated carbocycles. The van der Waals surface area contributed by atoms with Crippen molar-refractivity contribution in [3.05, 3.63) is 53.5 Å². The van der Waals surface area contributed by atoms with E-state index in [1.165, 1.54) is 4.31 Å². The Balaban J connectivity index is 1.59. The lowest BCUT2D eigenvalue weighted by molar-refractivity contribution is -0.136. The van der Waals surface area contributed by atoms with E-state index in [0.29, 0.717) is 37.4 Å². The highest BCUT2D eigenvalue weighted by Crippen LogP contribution is 2.25. The van der Waals surface area contributed by atoms with Crippen LogP contribution >= 0.6 is 0 Å². The molecule has 1 aliphatic rings. The molecule has 3 rings (SSSR count). The topological polar surface area (TPSA) is 70.8 Å². The number of benzene rings is 1. The monoisotopic (exact) mass is 390 g/mol. The van der Waals surface area contributed by atoms with Crippen LogP contribution in [0.15, 0.2) is 45.7 Å². The molecular formula is C20H26N2O4S. The van der Waals surface area contributed by atoms with Gasteiger partial charge in [0, 0.05) is 26.1 Å². The molecule has 27 heavy (non-hydrogen) atoms. The quantitative estimate of drug-likeness (QED) is 0.787. The number of nitrogens with zero attached hydrogens (tertiary/aromatic N) is 2. The Morgan fingerprint density at radius 2 is 1.74 bits per heavy atom. The van der Waals surface area contributed by atoms with E-state index in [2.05, 4.69) is 0 Å². The minimum Gasteiger partial charge on any atom is -0.464 e. The van der Waals surface area contributed by atoms with Gasteiger partial charge in [0.25, 0.3) is 0 Å². The van der Waals surface area contributed by atoms with Gasteiger partial charge in [0.1, 0.15) is 11.5 Å². The lowest BCUT2D eigenvalue weighted by Crippen LogP contribution is -2.43. The van der Waals surface area contributed by atoms with Crippen molar-refractivity contribution in [3.63, 3.8) is 0 Å². The number of hydrogen-bond acceptors (Lipinski definition) is 4. The summed E-state index contributed by atoms with van der Waals surface area (Å²) in [6.07, 6.45) is 1.07. The van der Waals surface area contributed by atoms with Crippen LogP contribution in [0, 0.1) is 19.8 Å². The normalized spacial score (nSPS) is 16.4. The van der Waals surface area contributed by atoms with Gasteiger partial charge in [-0.2, -0.15) is 4.31 Å². The molecule has 1 aromatic heterocycles. The maximum absolute atomic E-state index is 12.8. The second-order valence-electron chi connectivity index (χ2n) is 7.20. The zero-order valence-electron chi connectivity index (χ0n) is 16.0. The Bertz CT molecular complexity index is 894. The molecule has 6 nitrogen and oxygen atoms in total. The van der Waals surface area contributed by atoms with Gasteiger partial charge in [0.2, 0.25) is 15.9 Å². The van der Waals surface area contributed by atoms with E-state index in [4.69, 9.17) is 4.42 Å². The molecule has 0 atom stereocenters. The average molecular weight is 391 g/mol. The average Bonchev–Trinajstić information content (AvgIpc) is 3.06. The predicted molar refractivity (Wildman–Crippen MR) is 103 cm³/mol. The van der Waals surface area contributed by atoms with Gasteiger partial charge in [-0.3, -0.25) is 4.79 Å². The molecule has 2 heterocycles. The number of carbonyl (C=O) groups is 1. The van der Waals surface area contributed by atoms with Gasteiger partial charge in [-0.15, -0.1) is 0 Å². The summed E-state index contributed by atoms with van der Waals surface area (Å²) in [5, 5.41) is 0. The number of rotatable bonds is 5. The first-order valence-corrected chi connectivity index (χ1v) is 10.6. The van der Waals surface area contributed by atoms with Crippen molar-refractivity contribution in [2.45, 2.75) is 38.1 Å². The maximum Gasteiger partial charge on any atom is 0.243 e. The Labute approximate surface area is 160 Å². The molecule has 1 saturated heterocycles. The third-order valence-corrected chi connectivity index (χ3v) is 6.94. The lowest BCUT2D eigenvalue weighted by Gasteiger charge is -2.32. The van der Waals surface area contributed by atoms with Crippen molar-refractivity contribution in [2.75, 3.05) is 20.1 Å². The third-order valence-electron chi connectivity index (χ3n) is 5.03. The van der Waals surface area contributed by atoms with E-state index in [1.54, 1.807) is 36.2 Å². The number of amides is 1. The van der Waals surface area contributed by atoms with Gasteiger partial charge in [-0.1, -0.05) is 17.7 Å². The van der Waals surface area contributed by atoms with Crippen LogP contribution in [0.1, 0.15) is 29.9 Å². The van der Waals surface area contributed by atoms with Crippen LogP contribution in [0.4, 0.5) is 0 Å². The molecular weight excluding hydrogens is 364 g/mol. The summed E-state index contributed by atoms with van der Waals surface area (Å²) in [5.74, 6) is 1.45. The third kappa shape index (κ3) is 4.42. The molecule has 0 spiro atoms. The van der Waals surface area contributed by atoms with E-state index in [0.717, 1.165) is 17.1 Å². The van der Waals surface area contributed by atoms with Crippen molar-refractivity contribution in [3.8, 4) is 0 Å². The minimum atomic E-state index is -3.50. The fourth-order valence-electron chi connectivity index (χ4n) is 3.40. The molecule has 2 aromatic rings. The molecule has 0 radical (unpaired) electrons. The fraction of sp³-hybridized carbons (Fsp3) is 0.450. The molecule has 1 amide bonds. The Kier molecular flexibility index (Phi) is 5.72. The Morgan fingerprint density at radius 1 is 1.11 bits per heavy atom. The van der Waals surface area contributed by atoms with Crippen LogP contribution in [0.2, 0.25) is 0 Å². The first-order chi connectivity index (χ1) is 12.8. The largest absolute Gasteiger partial charge is 0.464 e. The molecule has 1 aromatic carbocycles. The number of furan rings is 1. The number of piperidine rings is 1. The Morgan fingerprint density at radius 3 is 2.30 bits per heavy atom. The summed E-state index contributed by atoms with van der Waals surface area (Å²) < 4.78 is 32.6. The summed E-state index contributed by atoms with van der Waals surface area (Å²) in [6, 6.07) is 10.6. The highest BCUT2D eigenvalue weighted by Gasteiger charge is 2.33. The minimum absolute atomic E-state index is 0.0384. The van der Waals surface area contributed by atoms with E-state index < -0.39 is 10.0 Å². The number of hydrogen-bond donors (Lipinski definition) is 0. The van der Waals surface area contributed by atoms with E-state index >= 15 is 0 Å². The molecule has 0 aliphatic carbocycles. The maximum atomic E-state index is 12.8. The smallest absolute Gasteiger partial charge is 0.243 e. The van der Waals surface area contributed by atoms with Crippen LogP contribution in [0.3, 0.4) is 0 Å². The van der Waals surface area contributed by atoms with Crippen molar-refractivity contribution in [1.29, 1.82) is 0 Å². The van der Waals surface area contributed by atoms with Crippen LogP contribution in [-0.4, -0.2) is 43.7 Å². The van der Waals surface area contributed by atoms with Gasteiger partial charge in [0.05, 0.1) is 11.4 Å². The van der Waals surface area contributed by atoms with Crippen LogP contribution in [-0.2, 0) is 21.4 Å². The van der Waals surface area contributed by atoms with E-state index in [-0.39, 0.29) is 11.8 Å². The summed E-state index contributed by atoms with van der Waals surface area (Å²) in [7, 11) is -1.74. The fourth-order valence-corrected chi connectivity index (χ4v) is 4.87. The summed E-state index contributed by atoms with van der Waals surface area (Å²) in [6.45, 7) is 4.94. The second-order valence-corrected chi connectivity index (χ2v) is 9.14. The molecule has 0 N–H and O–H groups in total. The molecule has 0 bridgehead atoms. The second kappa shape index (κ2) is 7.86. The van der Waals surface area contributed by atoms with Gasteiger partial charge < -0.3 is 9.32 Å². The number of carbonyl (C=O) groups excluding carboxylic acids is 1. The predicted octanol–water partition coefficient (Wildman–Crippen LogP) is 2.96. The van der Waals surface area contributed by atoms with E-state index in [1.807, 2.05) is 26.0 Å². The van der Waals surface area contributed by atoms with Gasteiger partial charge in [-0.25, -0.2) is 8.42 Å². The van der Waals surface area contributed by atoms with Crippen molar-refractivity contribution in [1.82, 2.24) is 9.21 Å². The van der Waals surface area contributed by atoms with Gasteiger partial charge in [-0.05, 0) is 51.0 Å². The van der Waals surface area contributed by atoms with Gasteiger partial charge in [0.15, 0.2) is 0 Å². The zero-order chi connectivity index (χ0) is 19.6. The first kappa shape index (κ1) is 19.6. The number of aryl methyl sites for hydroxylation is 2. The highest BCUT2D eigenvalue weighted by molar-refractivity contribution is 7.89. The van der Waals surface area contributed by atoms with Crippen molar-refractivity contribution in [2.24, 2.45) is 5.92 Å².